The van der Waals surface area contributed by atoms with E-state index in [2.05, 4.69) is 29.6 Å². The molecule has 88 valence electrons. The Labute approximate surface area is 104 Å². The summed E-state index contributed by atoms with van der Waals surface area (Å²) in [6.45, 7) is 1.59. The van der Waals surface area contributed by atoms with Crippen LogP contribution in [0.5, 0.6) is 0 Å². The van der Waals surface area contributed by atoms with Gasteiger partial charge in [0.1, 0.15) is 0 Å². The second-order valence-electron chi connectivity index (χ2n) is 5.38. The van der Waals surface area contributed by atoms with Gasteiger partial charge in [0, 0.05) is 10.2 Å². The van der Waals surface area contributed by atoms with E-state index in [0.29, 0.717) is 0 Å². The summed E-state index contributed by atoms with van der Waals surface area (Å²) < 4.78 is 6.86. The van der Waals surface area contributed by atoms with E-state index in [1.807, 2.05) is 11.3 Å². The van der Waals surface area contributed by atoms with E-state index in [0.717, 1.165) is 26.1 Å². The third-order valence-electron chi connectivity index (χ3n) is 4.44. The van der Waals surface area contributed by atoms with Crippen molar-refractivity contribution < 1.29 is 4.74 Å². The molecule has 3 heteroatoms. The van der Waals surface area contributed by atoms with Gasteiger partial charge in [-0.15, -0.1) is 11.3 Å². The van der Waals surface area contributed by atoms with Crippen LogP contribution in [0.2, 0.25) is 0 Å². The van der Waals surface area contributed by atoms with Crippen LogP contribution in [0.3, 0.4) is 0 Å². The molecule has 1 aliphatic heterocycles. The van der Waals surface area contributed by atoms with Gasteiger partial charge in [-0.2, -0.15) is 0 Å². The van der Waals surface area contributed by atoms with Crippen LogP contribution in [-0.2, 0) is 10.2 Å². The largest absolute Gasteiger partial charge is 0.379 e. The Morgan fingerprint density at radius 3 is 2.59 bits per heavy atom. The maximum atomic E-state index is 6.49. The summed E-state index contributed by atoms with van der Waals surface area (Å²) in [5.74, 6) is 0. The third-order valence-corrected chi connectivity index (χ3v) is 5.40. The van der Waals surface area contributed by atoms with Crippen LogP contribution in [-0.4, -0.2) is 18.8 Å². The van der Waals surface area contributed by atoms with Gasteiger partial charge in [-0.25, -0.2) is 0 Å². The van der Waals surface area contributed by atoms with E-state index in [-0.39, 0.29) is 11.0 Å². The molecule has 0 spiro atoms. The van der Waals surface area contributed by atoms with Crippen molar-refractivity contribution in [3.05, 3.63) is 35.2 Å². The molecule has 17 heavy (non-hydrogen) atoms. The highest BCUT2D eigenvalue weighted by Gasteiger charge is 2.62. The fourth-order valence-corrected chi connectivity index (χ4v) is 4.04. The molecule has 2 nitrogen and oxygen atoms in total. The van der Waals surface area contributed by atoms with Crippen LogP contribution in [0, 0.1) is 0 Å². The van der Waals surface area contributed by atoms with Gasteiger partial charge in [-0.05, 0) is 35.2 Å². The molecule has 2 N–H and O–H groups in total. The van der Waals surface area contributed by atoms with Gasteiger partial charge in [-0.3, -0.25) is 0 Å². The Bertz CT molecular complexity index is 581. The minimum Gasteiger partial charge on any atom is -0.379 e. The van der Waals surface area contributed by atoms with Crippen molar-refractivity contribution >= 4 is 21.4 Å². The smallest absolute Gasteiger partial charge is 0.0614 e. The van der Waals surface area contributed by atoms with E-state index in [4.69, 9.17) is 10.5 Å². The van der Waals surface area contributed by atoms with Crippen molar-refractivity contribution in [2.45, 2.75) is 23.8 Å². The first kappa shape index (κ1) is 10.1. The molecular weight excluding hydrogens is 230 g/mol. The Morgan fingerprint density at radius 2 is 1.94 bits per heavy atom. The van der Waals surface area contributed by atoms with E-state index in [9.17, 15) is 0 Å². The van der Waals surface area contributed by atoms with Crippen LogP contribution in [0.25, 0.3) is 10.1 Å². The average Bonchev–Trinajstić information content (AvgIpc) is 2.88. The van der Waals surface area contributed by atoms with Crippen molar-refractivity contribution in [2.75, 3.05) is 13.2 Å². The first-order valence-corrected chi connectivity index (χ1v) is 6.97. The highest BCUT2D eigenvalue weighted by Crippen LogP contribution is 2.55. The molecule has 0 atom stereocenters. The zero-order valence-electron chi connectivity index (χ0n) is 9.61. The minimum absolute atomic E-state index is 0.00487. The van der Waals surface area contributed by atoms with Crippen molar-refractivity contribution in [1.29, 1.82) is 0 Å². The lowest BCUT2D eigenvalue weighted by Gasteiger charge is -2.46. The highest BCUT2D eigenvalue weighted by molar-refractivity contribution is 7.17. The van der Waals surface area contributed by atoms with Crippen LogP contribution < -0.4 is 5.73 Å². The van der Waals surface area contributed by atoms with Gasteiger partial charge in [0.2, 0.25) is 0 Å². The van der Waals surface area contributed by atoms with Crippen LogP contribution >= 0.6 is 11.3 Å². The zero-order chi connectivity index (χ0) is 11.5. The van der Waals surface area contributed by atoms with Crippen LogP contribution in [0.4, 0.5) is 0 Å². The molecule has 2 aliphatic rings. The van der Waals surface area contributed by atoms with Gasteiger partial charge < -0.3 is 10.5 Å². The second kappa shape index (κ2) is 3.10. The van der Waals surface area contributed by atoms with Gasteiger partial charge in [0.25, 0.3) is 0 Å². The van der Waals surface area contributed by atoms with Gasteiger partial charge in [0.15, 0.2) is 0 Å². The molecular formula is C14H15NOS. The molecule has 1 saturated heterocycles. The molecule has 0 bridgehead atoms. The summed E-state index contributed by atoms with van der Waals surface area (Å²) in [6.07, 6.45) is 2.28. The predicted molar refractivity (Wildman–Crippen MR) is 70.5 cm³/mol. The number of fused-ring (bicyclic) bond motifs is 1. The molecule has 1 saturated carbocycles. The molecule has 0 unspecified atom stereocenters. The molecule has 1 aromatic carbocycles. The Balaban J connectivity index is 1.93. The summed E-state index contributed by atoms with van der Waals surface area (Å²) in [6, 6.07) is 8.61. The minimum atomic E-state index is -0.00487. The molecule has 4 rings (SSSR count). The first-order chi connectivity index (χ1) is 8.25. The monoisotopic (exact) mass is 245 g/mol. The summed E-state index contributed by atoms with van der Waals surface area (Å²) in [5.41, 5.74) is 8.00. The zero-order valence-corrected chi connectivity index (χ0v) is 10.4. The van der Waals surface area contributed by atoms with E-state index >= 15 is 0 Å². The lowest BCUT2D eigenvalue weighted by atomic mass is 9.70. The van der Waals surface area contributed by atoms with Gasteiger partial charge in [-0.1, -0.05) is 18.2 Å². The standard InChI is InChI=1S/C14H15NOS/c15-14(5-6-14)13(8-16-9-13)11-7-17-12-4-2-1-3-10(11)12/h1-4,7H,5-6,8-9,15H2. The lowest BCUT2D eigenvalue weighted by molar-refractivity contribution is -0.0776. The molecule has 1 aliphatic carbocycles. The van der Waals surface area contributed by atoms with Crippen molar-refractivity contribution in [3.8, 4) is 0 Å². The van der Waals surface area contributed by atoms with Gasteiger partial charge >= 0.3 is 0 Å². The quantitative estimate of drug-likeness (QED) is 0.883. The SMILES string of the molecule is NC1(C2(c3csc4ccccc34)COC2)CC1. The van der Waals surface area contributed by atoms with E-state index in [1.165, 1.54) is 15.6 Å². The summed E-state index contributed by atoms with van der Waals surface area (Å²) in [5, 5.41) is 3.66. The lowest BCUT2D eigenvalue weighted by Crippen LogP contribution is -2.60. The Hall–Kier alpha value is -0.900. The van der Waals surface area contributed by atoms with Crippen LogP contribution in [0.1, 0.15) is 18.4 Å². The first-order valence-electron chi connectivity index (χ1n) is 6.09. The fourth-order valence-electron chi connectivity index (χ4n) is 2.98. The van der Waals surface area contributed by atoms with Crippen molar-refractivity contribution in [2.24, 2.45) is 5.73 Å². The number of hydrogen-bond acceptors (Lipinski definition) is 3. The number of hydrogen-bond donors (Lipinski definition) is 1. The molecule has 0 radical (unpaired) electrons. The molecule has 0 amide bonds. The summed E-state index contributed by atoms with van der Waals surface area (Å²) in [4.78, 5) is 0. The topological polar surface area (TPSA) is 35.2 Å². The van der Waals surface area contributed by atoms with Gasteiger partial charge in [0.05, 0.1) is 18.6 Å². The Morgan fingerprint density at radius 1 is 1.18 bits per heavy atom. The predicted octanol–water partition coefficient (Wildman–Crippen LogP) is 2.66. The molecule has 2 heterocycles. The third kappa shape index (κ3) is 1.17. The number of nitrogens with two attached hydrogens (primary N) is 1. The molecule has 2 fully saturated rings. The number of ether oxygens (including phenoxy) is 1. The number of thiophene rings is 1. The molecule has 1 aromatic heterocycles. The second-order valence-corrected chi connectivity index (χ2v) is 6.29. The van der Waals surface area contributed by atoms with Crippen LogP contribution in [0.15, 0.2) is 29.6 Å². The van der Waals surface area contributed by atoms with Crippen molar-refractivity contribution in [1.82, 2.24) is 0 Å². The van der Waals surface area contributed by atoms with Crippen molar-refractivity contribution in [3.63, 3.8) is 0 Å². The Kier molecular flexibility index (Phi) is 1.84. The number of rotatable bonds is 2. The maximum Gasteiger partial charge on any atom is 0.0614 e. The summed E-state index contributed by atoms with van der Waals surface area (Å²) in [7, 11) is 0. The summed E-state index contributed by atoms with van der Waals surface area (Å²) >= 11 is 1.82. The maximum absolute atomic E-state index is 6.49. The molecule has 2 aromatic rings. The normalized spacial score (nSPS) is 24.5. The number of benzene rings is 1. The van der Waals surface area contributed by atoms with E-state index in [1.54, 1.807) is 0 Å². The average molecular weight is 245 g/mol. The highest BCUT2D eigenvalue weighted by atomic mass is 32.1. The van der Waals surface area contributed by atoms with E-state index < -0.39 is 0 Å². The fraction of sp³-hybridized carbons (Fsp3) is 0.429.